The van der Waals surface area contributed by atoms with Crippen molar-refractivity contribution in [1.29, 1.82) is 0 Å². The van der Waals surface area contributed by atoms with E-state index in [4.69, 9.17) is 0 Å². The van der Waals surface area contributed by atoms with E-state index in [0.29, 0.717) is 15.4 Å². The Morgan fingerprint density at radius 2 is 1.90 bits per heavy atom. The van der Waals surface area contributed by atoms with Gasteiger partial charge in [0.1, 0.15) is 4.83 Å². The molecule has 0 bridgehead atoms. The minimum Gasteiger partial charge on any atom is -0.325 e. The standard InChI is InChI=1S/C20H21F2N3O2S2/c1-9(2)25-19(27)16-10(3)11(4)28-18(16)24-20(25)29-12(5)17(26)23-13-6-7-14(21)15(22)8-13/h6-9,12H,1-5H3,(H,23,26). The predicted molar refractivity (Wildman–Crippen MR) is 114 cm³/mol. The first-order valence-electron chi connectivity index (χ1n) is 9.05. The lowest BCUT2D eigenvalue weighted by molar-refractivity contribution is -0.115. The third-order valence-corrected chi connectivity index (χ3v) is 6.73. The van der Waals surface area contributed by atoms with Crippen LogP contribution in [0.2, 0.25) is 0 Å². The van der Waals surface area contributed by atoms with Crippen LogP contribution in [-0.4, -0.2) is 20.7 Å². The molecule has 0 fully saturated rings. The molecule has 2 heterocycles. The van der Waals surface area contributed by atoms with Crippen molar-refractivity contribution in [2.75, 3.05) is 5.32 Å². The third kappa shape index (κ3) is 4.20. The highest BCUT2D eigenvalue weighted by molar-refractivity contribution is 8.00. The zero-order valence-electron chi connectivity index (χ0n) is 16.7. The van der Waals surface area contributed by atoms with E-state index in [2.05, 4.69) is 10.3 Å². The number of thiophene rings is 1. The number of carbonyl (C=O) groups excluding carboxylic acids is 1. The molecule has 0 radical (unpaired) electrons. The molecule has 0 saturated heterocycles. The van der Waals surface area contributed by atoms with Crippen LogP contribution in [0.1, 0.15) is 37.3 Å². The second-order valence-corrected chi connectivity index (χ2v) is 9.52. The van der Waals surface area contributed by atoms with Gasteiger partial charge in [0.15, 0.2) is 16.8 Å². The average molecular weight is 438 g/mol. The van der Waals surface area contributed by atoms with Crippen LogP contribution in [-0.2, 0) is 4.79 Å². The maximum Gasteiger partial charge on any atom is 0.263 e. The van der Waals surface area contributed by atoms with E-state index in [0.717, 1.165) is 34.3 Å². The fourth-order valence-corrected chi connectivity index (χ4v) is 4.97. The average Bonchev–Trinajstić information content (AvgIpc) is 2.92. The van der Waals surface area contributed by atoms with Gasteiger partial charge in [-0.05, 0) is 52.3 Å². The van der Waals surface area contributed by atoms with Gasteiger partial charge in [-0.25, -0.2) is 13.8 Å². The molecule has 9 heteroatoms. The van der Waals surface area contributed by atoms with Gasteiger partial charge in [0.2, 0.25) is 5.91 Å². The molecule has 0 saturated carbocycles. The van der Waals surface area contributed by atoms with Crippen molar-refractivity contribution in [1.82, 2.24) is 9.55 Å². The first-order valence-corrected chi connectivity index (χ1v) is 10.7. The molecule has 0 aliphatic carbocycles. The van der Waals surface area contributed by atoms with Gasteiger partial charge < -0.3 is 5.32 Å². The fourth-order valence-electron chi connectivity index (χ4n) is 2.86. The van der Waals surface area contributed by atoms with Crippen molar-refractivity contribution in [2.24, 2.45) is 0 Å². The minimum absolute atomic E-state index is 0.123. The van der Waals surface area contributed by atoms with Gasteiger partial charge in [-0.3, -0.25) is 14.2 Å². The third-order valence-electron chi connectivity index (χ3n) is 4.56. The molecular formula is C20H21F2N3O2S2. The number of hydrogen-bond donors (Lipinski definition) is 1. The molecule has 0 aliphatic heterocycles. The number of rotatable bonds is 5. The van der Waals surface area contributed by atoms with Crippen LogP contribution >= 0.6 is 23.1 Å². The zero-order valence-corrected chi connectivity index (χ0v) is 18.3. The van der Waals surface area contributed by atoms with Crippen LogP contribution in [0.3, 0.4) is 0 Å². The summed E-state index contributed by atoms with van der Waals surface area (Å²) in [5.41, 5.74) is 0.968. The number of nitrogens with zero attached hydrogens (tertiary/aromatic N) is 2. The lowest BCUT2D eigenvalue weighted by Gasteiger charge is -2.18. The summed E-state index contributed by atoms with van der Waals surface area (Å²) in [6.45, 7) is 9.31. The molecule has 154 valence electrons. The van der Waals surface area contributed by atoms with E-state index in [1.54, 1.807) is 11.5 Å². The highest BCUT2D eigenvalue weighted by Crippen LogP contribution is 2.31. The number of carbonyl (C=O) groups is 1. The van der Waals surface area contributed by atoms with E-state index in [1.165, 1.54) is 17.4 Å². The van der Waals surface area contributed by atoms with Crippen molar-refractivity contribution < 1.29 is 13.6 Å². The van der Waals surface area contributed by atoms with Crippen LogP contribution in [0.4, 0.5) is 14.5 Å². The molecule has 1 N–H and O–H groups in total. The molecule has 5 nitrogen and oxygen atoms in total. The van der Waals surface area contributed by atoms with Crippen LogP contribution in [0, 0.1) is 25.5 Å². The molecule has 29 heavy (non-hydrogen) atoms. The van der Waals surface area contributed by atoms with Crippen LogP contribution in [0.15, 0.2) is 28.2 Å². The van der Waals surface area contributed by atoms with Gasteiger partial charge in [-0.2, -0.15) is 0 Å². The summed E-state index contributed by atoms with van der Waals surface area (Å²) in [5.74, 6) is -2.41. The lowest BCUT2D eigenvalue weighted by atomic mass is 10.2. The highest BCUT2D eigenvalue weighted by Gasteiger charge is 2.23. The van der Waals surface area contributed by atoms with Gasteiger partial charge in [0, 0.05) is 22.7 Å². The molecule has 0 spiro atoms. The highest BCUT2D eigenvalue weighted by atomic mass is 32.2. The number of hydrogen-bond acceptors (Lipinski definition) is 5. The second-order valence-electron chi connectivity index (χ2n) is 7.00. The van der Waals surface area contributed by atoms with Gasteiger partial charge in [0.05, 0.1) is 10.6 Å². The van der Waals surface area contributed by atoms with Crippen molar-refractivity contribution >= 4 is 44.9 Å². The van der Waals surface area contributed by atoms with Gasteiger partial charge in [-0.15, -0.1) is 11.3 Å². The summed E-state index contributed by atoms with van der Waals surface area (Å²) < 4.78 is 28.0. The number of fused-ring (bicyclic) bond motifs is 1. The van der Waals surface area contributed by atoms with Crippen LogP contribution in [0.25, 0.3) is 10.2 Å². The predicted octanol–water partition coefficient (Wildman–Crippen LogP) is 5.05. The van der Waals surface area contributed by atoms with Crippen molar-refractivity contribution in [3.05, 3.63) is 50.6 Å². The molecule has 1 unspecified atom stereocenters. The van der Waals surface area contributed by atoms with E-state index in [9.17, 15) is 18.4 Å². The number of amides is 1. The number of aromatic nitrogens is 2. The Hall–Kier alpha value is -2.26. The Bertz CT molecular complexity index is 1150. The molecule has 1 atom stereocenters. The monoisotopic (exact) mass is 437 g/mol. The van der Waals surface area contributed by atoms with E-state index < -0.39 is 22.8 Å². The van der Waals surface area contributed by atoms with Crippen molar-refractivity contribution in [3.8, 4) is 0 Å². The topological polar surface area (TPSA) is 64.0 Å². The number of anilines is 1. The van der Waals surface area contributed by atoms with E-state index in [1.807, 2.05) is 27.7 Å². The number of aryl methyl sites for hydroxylation is 2. The molecule has 3 rings (SSSR count). The maximum atomic E-state index is 13.4. The van der Waals surface area contributed by atoms with Gasteiger partial charge >= 0.3 is 0 Å². The first-order chi connectivity index (χ1) is 13.6. The number of thioether (sulfide) groups is 1. The lowest BCUT2D eigenvalue weighted by Crippen LogP contribution is -2.28. The van der Waals surface area contributed by atoms with Crippen LogP contribution < -0.4 is 10.9 Å². The largest absolute Gasteiger partial charge is 0.325 e. The van der Waals surface area contributed by atoms with Crippen molar-refractivity contribution in [2.45, 2.75) is 51.1 Å². The Morgan fingerprint density at radius 3 is 2.52 bits per heavy atom. The smallest absolute Gasteiger partial charge is 0.263 e. The molecule has 1 amide bonds. The summed E-state index contributed by atoms with van der Waals surface area (Å²) >= 11 is 2.61. The summed E-state index contributed by atoms with van der Waals surface area (Å²) in [4.78, 5) is 31.9. The molecular weight excluding hydrogens is 416 g/mol. The zero-order chi connectivity index (χ0) is 21.5. The molecule has 1 aromatic carbocycles. The summed E-state index contributed by atoms with van der Waals surface area (Å²) in [6.07, 6.45) is 0. The van der Waals surface area contributed by atoms with Crippen molar-refractivity contribution in [3.63, 3.8) is 0 Å². The first kappa shape index (κ1) is 21.4. The Morgan fingerprint density at radius 1 is 1.21 bits per heavy atom. The molecule has 0 aliphatic rings. The van der Waals surface area contributed by atoms with Crippen LogP contribution in [0.5, 0.6) is 0 Å². The summed E-state index contributed by atoms with van der Waals surface area (Å²) in [7, 11) is 0. The normalized spacial score (nSPS) is 12.6. The van der Waals surface area contributed by atoms with E-state index >= 15 is 0 Å². The second kappa shape index (κ2) is 8.23. The minimum atomic E-state index is -1.03. The van der Waals surface area contributed by atoms with E-state index in [-0.39, 0.29) is 17.3 Å². The summed E-state index contributed by atoms with van der Waals surface area (Å²) in [6, 6.07) is 3.04. The maximum absolute atomic E-state index is 13.4. The van der Waals surface area contributed by atoms with Gasteiger partial charge in [0.25, 0.3) is 5.56 Å². The molecule has 3 aromatic rings. The Balaban J connectivity index is 1.91. The Labute approximate surface area is 175 Å². The van der Waals surface area contributed by atoms with Gasteiger partial charge in [-0.1, -0.05) is 11.8 Å². The molecule has 2 aromatic heterocycles. The SMILES string of the molecule is Cc1sc2nc(SC(C)C(=O)Nc3ccc(F)c(F)c3)n(C(C)C)c(=O)c2c1C. The summed E-state index contributed by atoms with van der Waals surface area (Å²) in [5, 5.41) is 3.02. The Kier molecular flexibility index (Phi) is 6.09. The fraction of sp³-hybridized carbons (Fsp3) is 0.350. The quantitative estimate of drug-likeness (QED) is 0.448. The number of benzene rings is 1. The number of nitrogens with one attached hydrogen (secondary N) is 1. The number of halogens is 2.